The average molecular weight is 282 g/mol. The van der Waals surface area contributed by atoms with Gasteiger partial charge < -0.3 is 15.2 Å². The molecule has 1 aliphatic rings. The molecule has 0 aromatic heterocycles. The maximum absolute atomic E-state index is 13.5. The van der Waals surface area contributed by atoms with Crippen LogP contribution in [0.1, 0.15) is 18.5 Å². The van der Waals surface area contributed by atoms with Crippen LogP contribution in [-0.2, 0) is 9.53 Å². The van der Waals surface area contributed by atoms with Crippen molar-refractivity contribution in [1.82, 2.24) is 10.2 Å². The number of carbonyl (C=O) groups is 1. The van der Waals surface area contributed by atoms with E-state index < -0.39 is 17.6 Å². The molecule has 0 radical (unpaired) electrons. The van der Waals surface area contributed by atoms with Crippen LogP contribution in [0.3, 0.4) is 0 Å². The van der Waals surface area contributed by atoms with Gasteiger partial charge in [0.1, 0.15) is 6.04 Å². The molecule has 1 unspecified atom stereocenters. The van der Waals surface area contributed by atoms with Gasteiger partial charge >= 0.3 is 5.97 Å². The fraction of sp³-hybridized carbons (Fsp3) is 0.500. The molecule has 1 aromatic rings. The summed E-state index contributed by atoms with van der Waals surface area (Å²) in [4.78, 5) is 14.1. The van der Waals surface area contributed by atoms with Crippen molar-refractivity contribution in [2.24, 2.45) is 0 Å². The van der Waals surface area contributed by atoms with E-state index in [2.05, 4.69) is 5.32 Å². The molecule has 2 N–H and O–H groups in total. The molecule has 1 atom stereocenters. The molecule has 1 heterocycles. The Bertz CT molecular complexity index is 475. The summed E-state index contributed by atoms with van der Waals surface area (Å²) < 4.78 is 18.6. The van der Waals surface area contributed by atoms with E-state index in [4.69, 9.17) is 4.74 Å². The topological polar surface area (TPSA) is 61.8 Å². The molecule has 20 heavy (non-hydrogen) atoms. The number of carbonyl (C=O) groups excluding carboxylic acids is 1. The van der Waals surface area contributed by atoms with Gasteiger partial charge in [0.05, 0.1) is 6.61 Å². The zero-order valence-electron chi connectivity index (χ0n) is 11.4. The van der Waals surface area contributed by atoms with Gasteiger partial charge in [0, 0.05) is 26.2 Å². The molecule has 1 fully saturated rings. The molecule has 2 rings (SSSR count). The van der Waals surface area contributed by atoms with Crippen LogP contribution in [0.25, 0.3) is 0 Å². The number of phenols is 1. The number of phenolic OH excluding ortho intramolecular Hbond substituents is 1. The highest BCUT2D eigenvalue weighted by atomic mass is 19.1. The van der Waals surface area contributed by atoms with E-state index in [1.54, 1.807) is 13.0 Å². The second-order valence-corrected chi connectivity index (χ2v) is 4.65. The second-order valence-electron chi connectivity index (χ2n) is 4.65. The number of hydrogen-bond donors (Lipinski definition) is 2. The van der Waals surface area contributed by atoms with E-state index in [1.165, 1.54) is 12.1 Å². The van der Waals surface area contributed by atoms with Crippen molar-refractivity contribution >= 4 is 5.97 Å². The summed E-state index contributed by atoms with van der Waals surface area (Å²) in [5.41, 5.74) is 0.501. The summed E-state index contributed by atoms with van der Waals surface area (Å²) in [5, 5.41) is 12.5. The summed E-state index contributed by atoms with van der Waals surface area (Å²) in [6.07, 6.45) is 0. The third-order valence-electron chi connectivity index (χ3n) is 3.31. The molecule has 5 nitrogen and oxygen atoms in total. The van der Waals surface area contributed by atoms with Crippen molar-refractivity contribution in [1.29, 1.82) is 0 Å². The Morgan fingerprint density at radius 2 is 2.20 bits per heavy atom. The number of aromatic hydroxyl groups is 1. The van der Waals surface area contributed by atoms with Gasteiger partial charge in [-0.05, 0) is 24.6 Å². The van der Waals surface area contributed by atoms with Gasteiger partial charge in [-0.3, -0.25) is 4.90 Å². The first kappa shape index (κ1) is 14.7. The van der Waals surface area contributed by atoms with Gasteiger partial charge in [0.2, 0.25) is 0 Å². The number of nitrogens with zero attached hydrogens (tertiary/aromatic N) is 1. The van der Waals surface area contributed by atoms with Crippen LogP contribution < -0.4 is 5.32 Å². The highest BCUT2D eigenvalue weighted by Gasteiger charge is 2.30. The normalized spacial score (nSPS) is 17.7. The van der Waals surface area contributed by atoms with Crippen molar-refractivity contribution in [2.75, 3.05) is 32.8 Å². The lowest BCUT2D eigenvalue weighted by Crippen LogP contribution is -2.47. The van der Waals surface area contributed by atoms with Gasteiger partial charge in [-0.15, -0.1) is 0 Å². The largest absolute Gasteiger partial charge is 0.505 e. The van der Waals surface area contributed by atoms with Gasteiger partial charge in [-0.2, -0.15) is 0 Å². The number of hydrogen-bond acceptors (Lipinski definition) is 5. The van der Waals surface area contributed by atoms with Gasteiger partial charge in [0.25, 0.3) is 0 Å². The fourth-order valence-corrected chi connectivity index (χ4v) is 2.35. The van der Waals surface area contributed by atoms with E-state index in [-0.39, 0.29) is 12.6 Å². The highest BCUT2D eigenvalue weighted by Crippen LogP contribution is 2.26. The number of nitrogens with one attached hydrogen (secondary N) is 1. The molecule has 1 aliphatic heterocycles. The Labute approximate surface area is 117 Å². The number of esters is 1. The summed E-state index contributed by atoms with van der Waals surface area (Å²) in [7, 11) is 0. The van der Waals surface area contributed by atoms with E-state index in [0.717, 1.165) is 13.1 Å². The van der Waals surface area contributed by atoms with E-state index in [1.807, 2.05) is 4.90 Å². The van der Waals surface area contributed by atoms with E-state index in [9.17, 15) is 14.3 Å². The third kappa shape index (κ3) is 3.26. The lowest BCUT2D eigenvalue weighted by Gasteiger charge is -2.33. The lowest BCUT2D eigenvalue weighted by atomic mass is 10.0. The highest BCUT2D eigenvalue weighted by molar-refractivity contribution is 5.77. The average Bonchev–Trinajstić information content (AvgIpc) is 2.44. The second kappa shape index (κ2) is 6.67. The number of rotatable bonds is 4. The number of piperazine rings is 1. The monoisotopic (exact) mass is 282 g/mol. The molecule has 0 saturated carbocycles. The Balaban J connectivity index is 2.28. The smallest absolute Gasteiger partial charge is 0.328 e. The predicted molar refractivity (Wildman–Crippen MR) is 71.9 cm³/mol. The van der Waals surface area contributed by atoms with Crippen LogP contribution in [0.15, 0.2) is 18.2 Å². The first-order valence-electron chi connectivity index (χ1n) is 6.73. The molecule has 0 spiro atoms. The Hall–Kier alpha value is -1.66. The van der Waals surface area contributed by atoms with Crippen LogP contribution in [0.4, 0.5) is 4.39 Å². The Morgan fingerprint density at radius 3 is 2.80 bits per heavy atom. The summed E-state index contributed by atoms with van der Waals surface area (Å²) in [6.45, 7) is 4.94. The number of benzene rings is 1. The van der Waals surface area contributed by atoms with Gasteiger partial charge in [-0.1, -0.05) is 6.07 Å². The van der Waals surface area contributed by atoms with Crippen LogP contribution in [0, 0.1) is 5.82 Å². The molecule has 110 valence electrons. The zero-order valence-corrected chi connectivity index (χ0v) is 11.4. The lowest BCUT2D eigenvalue weighted by molar-refractivity contribution is -0.150. The first-order chi connectivity index (χ1) is 9.63. The quantitative estimate of drug-likeness (QED) is 0.808. The Morgan fingerprint density at radius 1 is 1.50 bits per heavy atom. The summed E-state index contributed by atoms with van der Waals surface area (Å²) >= 11 is 0. The van der Waals surface area contributed by atoms with Crippen molar-refractivity contribution in [3.8, 4) is 5.75 Å². The third-order valence-corrected chi connectivity index (χ3v) is 3.31. The molecule has 1 aromatic carbocycles. The Kier molecular flexibility index (Phi) is 4.92. The number of ether oxygens (including phenoxy) is 1. The van der Waals surface area contributed by atoms with Crippen LogP contribution in [0.2, 0.25) is 0 Å². The minimum atomic E-state index is -0.730. The zero-order chi connectivity index (χ0) is 14.5. The minimum absolute atomic E-state index is 0.280. The maximum atomic E-state index is 13.5. The SMILES string of the molecule is CCOC(=O)C(c1ccc(O)c(F)c1)N1CCNCC1. The first-order valence-corrected chi connectivity index (χ1v) is 6.73. The van der Waals surface area contributed by atoms with E-state index in [0.29, 0.717) is 18.7 Å². The number of halogens is 1. The predicted octanol–water partition coefficient (Wildman–Crippen LogP) is 1.04. The molecular formula is C14H19FN2O3. The maximum Gasteiger partial charge on any atom is 0.328 e. The summed E-state index contributed by atoms with van der Waals surface area (Å²) in [5.74, 6) is -1.54. The summed E-state index contributed by atoms with van der Waals surface area (Å²) in [6, 6.07) is 3.38. The fourth-order valence-electron chi connectivity index (χ4n) is 2.35. The molecule has 1 saturated heterocycles. The van der Waals surface area contributed by atoms with Gasteiger partial charge in [-0.25, -0.2) is 9.18 Å². The van der Waals surface area contributed by atoms with Crippen molar-refractivity contribution in [3.63, 3.8) is 0 Å². The van der Waals surface area contributed by atoms with Crippen molar-refractivity contribution < 1.29 is 19.0 Å². The van der Waals surface area contributed by atoms with Crippen LogP contribution in [0.5, 0.6) is 5.75 Å². The molecule has 0 amide bonds. The molecule has 0 aliphatic carbocycles. The van der Waals surface area contributed by atoms with Gasteiger partial charge in [0.15, 0.2) is 11.6 Å². The van der Waals surface area contributed by atoms with Crippen LogP contribution >= 0.6 is 0 Å². The molecular weight excluding hydrogens is 263 g/mol. The molecule has 0 bridgehead atoms. The minimum Gasteiger partial charge on any atom is -0.505 e. The van der Waals surface area contributed by atoms with Crippen molar-refractivity contribution in [3.05, 3.63) is 29.6 Å². The van der Waals surface area contributed by atoms with E-state index >= 15 is 0 Å². The molecule has 6 heteroatoms. The standard InChI is InChI=1S/C14H19FN2O3/c1-2-20-14(19)13(17-7-5-16-6-8-17)10-3-4-12(18)11(15)9-10/h3-4,9,13,16,18H,2,5-8H2,1H3. The van der Waals surface area contributed by atoms with Crippen LogP contribution in [-0.4, -0.2) is 48.8 Å². The van der Waals surface area contributed by atoms with Crippen molar-refractivity contribution in [2.45, 2.75) is 13.0 Å².